The van der Waals surface area contributed by atoms with E-state index in [1.54, 1.807) is 0 Å². The van der Waals surface area contributed by atoms with Crippen LogP contribution in [-0.4, -0.2) is 37.1 Å². The number of hydrogen-bond acceptors (Lipinski definition) is 2. The molecule has 1 unspecified atom stereocenters. The Hall–Kier alpha value is -0.380. The molecule has 1 aliphatic heterocycles. The zero-order valence-corrected chi connectivity index (χ0v) is 13.1. The Morgan fingerprint density at radius 3 is 2.89 bits per heavy atom. The normalized spacial score (nSPS) is 23.5. The standard InChI is InChI=1S/C16H23BrN2/c17-15-5-3-14-12-16(6-4-13(14)11-15)18-7-10-19-8-1-2-9-19/h3,5,11,16,18H,1-2,4,6-10,12H2. The van der Waals surface area contributed by atoms with Crippen LogP contribution in [0, 0.1) is 0 Å². The molecule has 1 aliphatic carbocycles. The summed E-state index contributed by atoms with van der Waals surface area (Å²) in [6.45, 7) is 4.99. The van der Waals surface area contributed by atoms with Crippen LogP contribution in [-0.2, 0) is 12.8 Å². The number of aryl methyl sites for hydroxylation is 1. The number of hydrogen-bond donors (Lipinski definition) is 1. The Balaban J connectivity index is 1.47. The number of fused-ring (bicyclic) bond motifs is 1. The fourth-order valence-electron chi connectivity index (χ4n) is 3.33. The van der Waals surface area contributed by atoms with E-state index in [-0.39, 0.29) is 0 Å². The van der Waals surface area contributed by atoms with Crippen LogP contribution in [0.3, 0.4) is 0 Å². The first-order valence-electron chi connectivity index (χ1n) is 7.54. The number of likely N-dealkylation sites (tertiary alicyclic amines) is 1. The molecule has 3 rings (SSSR count). The van der Waals surface area contributed by atoms with Gasteiger partial charge in [0, 0.05) is 23.6 Å². The van der Waals surface area contributed by atoms with Crippen LogP contribution in [0.25, 0.3) is 0 Å². The maximum Gasteiger partial charge on any atom is 0.0178 e. The molecule has 0 spiro atoms. The Morgan fingerprint density at radius 2 is 2.05 bits per heavy atom. The van der Waals surface area contributed by atoms with Gasteiger partial charge in [0.05, 0.1) is 0 Å². The van der Waals surface area contributed by atoms with Gasteiger partial charge in [-0.05, 0) is 68.5 Å². The first kappa shape index (κ1) is 13.6. The Morgan fingerprint density at radius 1 is 1.21 bits per heavy atom. The summed E-state index contributed by atoms with van der Waals surface area (Å²) in [7, 11) is 0. The van der Waals surface area contributed by atoms with Crippen molar-refractivity contribution >= 4 is 15.9 Å². The molecule has 104 valence electrons. The lowest BCUT2D eigenvalue weighted by atomic mass is 9.88. The second kappa shape index (κ2) is 6.38. The number of rotatable bonds is 4. The van der Waals surface area contributed by atoms with E-state index in [4.69, 9.17) is 0 Å². The third-order valence-corrected chi connectivity index (χ3v) is 4.95. The van der Waals surface area contributed by atoms with Gasteiger partial charge >= 0.3 is 0 Å². The highest BCUT2D eigenvalue weighted by atomic mass is 79.9. The van der Waals surface area contributed by atoms with Crippen molar-refractivity contribution < 1.29 is 0 Å². The van der Waals surface area contributed by atoms with E-state index in [1.165, 1.54) is 67.3 Å². The summed E-state index contributed by atoms with van der Waals surface area (Å²) < 4.78 is 1.21. The van der Waals surface area contributed by atoms with Gasteiger partial charge in [0.1, 0.15) is 0 Å². The lowest BCUT2D eigenvalue weighted by molar-refractivity contribution is 0.322. The minimum atomic E-state index is 0.677. The maximum absolute atomic E-state index is 3.75. The smallest absolute Gasteiger partial charge is 0.0178 e. The zero-order chi connectivity index (χ0) is 13.1. The second-order valence-corrected chi connectivity index (χ2v) is 6.77. The Labute approximate surface area is 124 Å². The van der Waals surface area contributed by atoms with Crippen molar-refractivity contribution in [2.24, 2.45) is 0 Å². The molecule has 0 aromatic heterocycles. The minimum Gasteiger partial charge on any atom is -0.312 e. The number of benzene rings is 1. The molecular formula is C16H23BrN2. The zero-order valence-electron chi connectivity index (χ0n) is 11.5. The van der Waals surface area contributed by atoms with Gasteiger partial charge in [0.25, 0.3) is 0 Å². The average molecular weight is 323 g/mol. The highest BCUT2D eigenvalue weighted by molar-refractivity contribution is 9.10. The van der Waals surface area contributed by atoms with E-state index in [2.05, 4.69) is 44.3 Å². The third-order valence-electron chi connectivity index (χ3n) is 4.46. The first-order valence-corrected chi connectivity index (χ1v) is 8.33. The van der Waals surface area contributed by atoms with Gasteiger partial charge < -0.3 is 10.2 Å². The maximum atomic E-state index is 3.75. The molecule has 0 amide bonds. The van der Waals surface area contributed by atoms with Gasteiger partial charge in [-0.15, -0.1) is 0 Å². The summed E-state index contributed by atoms with van der Waals surface area (Å²) in [5, 5.41) is 3.75. The Bertz CT molecular complexity index is 427. The summed E-state index contributed by atoms with van der Waals surface area (Å²) in [6, 6.07) is 7.42. The van der Waals surface area contributed by atoms with Gasteiger partial charge in [0.2, 0.25) is 0 Å². The summed E-state index contributed by atoms with van der Waals surface area (Å²) in [4.78, 5) is 2.58. The second-order valence-electron chi connectivity index (χ2n) is 5.86. The summed E-state index contributed by atoms with van der Waals surface area (Å²) in [6.07, 6.45) is 6.49. The first-order chi connectivity index (χ1) is 9.31. The van der Waals surface area contributed by atoms with Crippen LogP contribution in [0.4, 0.5) is 0 Å². The number of halogens is 1. The van der Waals surface area contributed by atoms with Gasteiger partial charge in [0.15, 0.2) is 0 Å². The molecule has 2 nitrogen and oxygen atoms in total. The van der Waals surface area contributed by atoms with Crippen LogP contribution in [0.15, 0.2) is 22.7 Å². The fraction of sp³-hybridized carbons (Fsp3) is 0.625. The van der Waals surface area contributed by atoms with E-state index in [1.807, 2.05) is 0 Å². The van der Waals surface area contributed by atoms with Crippen LogP contribution >= 0.6 is 15.9 Å². The quantitative estimate of drug-likeness (QED) is 0.916. The molecule has 0 radical (unpaired) electrons. The van der Waals surface area contributed by atoms with Crippen molar-refractivity contribution in [2.45, 2.75) is 38.1 Å². The van der Waals surface area contributed by atoms with E-state index in [0.29, 0.717) is 6.04 Å². The fourth-order valence-corrected chi connectivity index (χ4v) is 3.74. The molecule has 1 heterocycles. The highest BCUT2D eigenvalue weighted by Crippen LogP contribution is 2.24. The predicted octanol–water partition coefficient (Wildman–Crippen LogP) is 2.99. The molecule has 1 fully saturated rings. The molecule has 2 aliphatic rings. The van der Waals surface area contributed by atoms with Crippen molar-refractivity contribution in [3.63, 3.8) is 0 Å². The van der Waals surface area contributed by atoms with Crippen molar-refractivity contribution in [1.82, 2.24) is 10.2 Å². The van der Waals surface area contributed by atoms with Gasteiger partial charge in [-0.2, -0.15) is 0 Å². The van der Waals surface area contributed by atoms with Crippen molar-refractivity contribution in [1.29, 1.82) is 0 Å². The van der Waals surface area contributed by atoms with E-state index >= 15 is 0 Å². The molecular weight excluding hydrogens is 300 g/mol. The van der Waals surface area contributed by atoms with Crippen LogP contribution in [0.5, 0.6) is 0 Å². The number of nitrogens with one attached hydrogen (secondary N) is 1. The third kappa shape index (κ3) is 3.59. The van der Waals surface area contributed by atoms with Gasteiger partial charge in [-0.3, -0.25) is 0 Å². The molecule has 1 atom stereocenters. The molecule has 1 saturated heterocycles. The largest absolute Gasteiger partial charge is 0.312 e. The lowest BCUT2D eigenvalue weighted by Gasteiger charge is -2.26. The molecule has 1 aromatic carbocycles. The lowest BCUT2D eigenvalue weighted by Crippen LogP contribution is -2.39. The highest BCUT2D eigenvalue weighted by Gasteiger charge is 2.18. The van der Waals surface area contributed by atoms with Gasteiger partial charge in [-0.25, -0.2) is 0 Å². The summed E-state index contributed by atoms with van der Waals surface area (Å²) >= 11 is 3.56. The van der Waals surface area contributed by atoms with Crippen LogP contribution in [0.1, 0.15) is 30.4 Å². The molecule has 19 heavy (non-hydrogen) atoms. The molecule has 3 heteroatoms. The van der Waals surface area contributed by atoms with Crippen molar-refractivity contribution in [3.8, 4) is 0 Å². The predicted molar refractivity (Wildman–Crippen MR) is 83.6 cm³/mol. The van der Waals surface area contributed by atoms with E-state index in [9.17, 15) is 0 Å². The summed E-state index contributed by atoms with van der Waals surface area (Å²) in [5.41, 5.74) is 3.07. The average Bonchev–Trinajstić information content (AvgIpc) is 2.92. The minimum absolute atomic E-state index is 0.677. The van der Waals surface area contributed by atoms with E-state index < -0.39 is 0 Å². The van der Waals surface area contributed by atoms with Crippen molar-refractivity contribution in [2.75, 3.05) is 26.2 Å². The van der Waals surface area contributed by atoms with Crippen LogP contribution < -0.4 is 5.32 Å². The molecule has 1 aromatic rings. The number of nitrogens with zero attached hydrogens (tertiary/aromatic N) is 1. The Kier molecular flexibility index (Phi) is 4.57. The van der Waals surface area contributed by atoms with Crippen molar-refractivity contribution in [3.05, 3.63) is 33.8 Å². The monoisotopic (exact) mass is 322 g/mol. The topological polar surface area (TPSA) is 15.3 Å². The van der Waals surface area contributed by atoms with E-state index in [0.717, 1.165) is 6.54 Å². The summed E-state index contributed by atoms with van der Waals surface area (Å²) in [5.74, 6) is 0. The molecule has 0 bridgehead atoms. The molecule has 1 N–H and O–H groups in total. The van der Waals surface area contributed by atoms with Gasteiger partial charge in [-0.1, -0.05) is 22.0 Å². The molecule has 0 saturated carbocycles. The SMILES string of the molecule is Brc1ccc2c(c1)CCC(NCCN1CCCC1)C2. The van der Waals surface area contributed by atoms with Crippen LogP contribution in [0.2, 0.25) is 0 Å².